The van der Waals surface area contributed by atoms with E-state index in [1.807, 2.05) is 19.1 Å². The number of piperidine rings is 1. The van der Waals surface area contributed by atoms with E-state index in [1.54, 1.807) is 50.1 Å². The van der Waals surface area contributed by atoms with Crippen molar-refractivity contribution in [3.8, 4) is 0 Å². The molecule has 1 aliphatic rings. The molecule has 0 saturated carbocycles. The third-order valence-corrected chi connectivity index (χ3v) is 7.94. The predicted molar refractivity (Wildman–Crippen MR) is 145 cm³/mol. The van der Waals surface area contributed by atoms with Crippen LogP contribution in [0, 0.1) is 26.7 Å². The number of benzene rings is 2. The summed E-state index contributed by atoms with van der Waals surface area (Å²) < 4.78 is 65.2. The Morgan fingerprint density at radius 2 is 1.54 bits per heavy atom. The molecule has 2 aromatic carbocycles. The summed E-state index contributed by atoms with van der Waals surface area (Å²) in [5.74, 6) is -2.99. The minimum absolute atomic E-state index is 0.000152. The van der Waals surface area contributed by atoms with E-state index < -0.39 is 22.2 Å². The molecule has 0 radical (unpaired) electrons. The Bertz CT molecular complexity index is 1320. The fourth-order valence-corrected chi connectivity index (χ4v) is 5.94. The summed E-state index contributed by atoms with van der Waals surface area (Å²) in [4.78, 5) is 36.0. The van der Waals surface area contributed by atoms with Crippen molar-refractivity contribution in [2.24, 2.45) is 5.92 Å². The van der Waals surface area contributed by atoms with Crippen molar-refractivity contribution < 1.29 is 45.8 Å². The Balaban J connectivity index is 0.000000745. The predicted octanol–water partition coefficient (Wildman–Crippen LogP) is 3.66. The Kier molecular flexibility index (Phi) is 11.7. The number of rotatable bonds is 8. The molecule has 1 saturated heterocycles. The van der Waals surface area contributed by atoms with Gasteiger partial charge in [-0.15, -0.1) is 0 Å². The minimum Gasteiger partial charge on any atom is -0.475 e. The lowest BCUT2D eigenvalue weighted by molar-refractivity contribution is -0.192. The van der Waals surface area contributed by atoms with Gasteiger partial charge in [0.2, 0.25) is 5.91 Å². The van der Waals surface area contributed by atoms with E-state index in [4.69, 9.17) is 14.6 Å². The number of hydrogen-bond acceptors (Lipinski definition) is 6. The van der Waals surface area contributed by atoms with Crippen molar-refractivity contribution in [1.29, 1.82) is 0 Å². The van der Waals surface area contributed by atoms with Crippen molar-refractivity contribution in [1.82, 2.24) is 10.2 Å². The molecule has 41 heavy (non-hydrogen) atoms. The normalized spacial score (nSPS) is 14.1. The molecule has 10 nitrogen and oxygen atoms in total. The van der Waals surface area contributed by atoms with Crippen molar-refractivity contribution >= 4 is 33.5 Å². The van der Waals surface area contributed by atoms with Crippen LogP contribution < -0.4 is 10.0 Å². The summed E-state index contributed by atoms with van der Waals surface area (Å²) in [5.41, 5.74) is 3.25. The van der Waals surface area contributed by atoms with Crippen molar-refractivity contribution in [3.05, 3.63) is 58.7 Å². The maximum atomic E-state index is 13.0. The number of carboxylic acids is 1. The summed E-state index contributed by atoms with van der Waals surface area (Å²) in [6.45, 7) is 7.45. The lowest BCUT2D eigenvalue weighted by Gasteiger charge is -2.31. The first-order valence-electron chi connectivity index (χ1n) is 12.6. The second-order valence-corrected chi connectivity index (χ2v) is 11.2. The van der Waals surface area contributed by atoms with Crippen molar-refractivity contribution in [3.63, 3.8) is 0 Å². The molecule has 3 N–H and O–H groups in total. The molecule has 14 heteroatoms. The molecule has 1 fully saturated rings. The monoisotopic (exact) mass is 601 g/mol. The van der Waals surface area contributed by atoms with Crippen LogP contribution in [0.15, 0.2) is 41.3 Å². The molecule has 0 bridgehead atoms. The lowest BCUT2D eigenvalue weighted by Crippen LogP contribution is -2.43. The minimum atomic E-state index is -5.08. The average molecular weight is 602 g/mol. The van der Waals surface area contributed by atoms with Crippen molar-refractivity contribution in [2.45, 2.75) is 44.7 Å². The number of aryl methyl sites for hydroxylation is 3. The maximum absolute atomic E-state index is 13.0. The highest BCUT2D eigenvalue weighted by atomic mass is 32.2. The number of halogens is 3. The van der Waals surface area contributed by atoms with Gasteiger partial charge in [0, 0.05) is 43.9 Å². The van der Waals surface area contributed by atoms with Crippen LogP contribution >= 0.6 is 0 Å². The van der Waals surface area contributed by atoms with E-state index in [0.717, 1.165) is 5.56 Å². The average Bonchev–Trinajstić information content (AvgIpc) is 2.87. The summed E-state index contributed by atoms with van der Waals surface area (Å²) in [5, 5.41) is 9.98. The van der Waals surface area contributed by atoms with Gasteiger partial charge in [-0.3, -0.25) is 14.3 Å². The van der Waals surface area contributed by atoms with E-state index in [-0.39, 0.29) is 22.6 Å². The quantitative estimate of drug-likeness (QED) is 0.392. The van der Waals surface area contributed by atoms with Crippen molar-refractivity contribution in [2.75, 3.05) is 38.1 Å². The molecule has 0 atom stereocenters. The van der Waals surface area contributed by atoms with Crippen LogP contribution in [-0.4, -0.2) is 75.7 Å². The van der Waals surface area contributed by atoms with Gasteiger partial charge in [-0.1, -0.05) is 17.7 Å². The van der Waals surface area contributed by atoms with Crippen LogP contribution in [0.3, 0.4) is 0 Å². The number of alkyl halides is 3. The standard InChI is InChI=1S/C25H33N3O5S.C2HF3O2/c1-17-15-18(2)23(19(3)16-17)34(31,32)27-22-7-5-21(6-8-22)25(30)28-12-9-20(10-13-28)24(29)26-11-14-33-4;3-2(4,5)1(6)7/h5-8,15-16,20,27H,9-14H2,1-4H3,(H,26,29);(H,6,7). The number of likely N-dealkylation sites (tertiary alicyclic amines) is 1. The summed E-state index contributed by atoms with van der Waals surface area (Å²) in [6, 6.07) is 10.1. The second-order valence-electron chi connectivity index (χ2n) is 9.56. The molecule has 0 aliphatic carbocycles. The molecular formula is C27H34F3N3O7S. The SMILES string of the molecule is COCCNC(=O)C1CCN(C(=O)c2ccc(NS(=O)(=O)c3c(C)cc(C)cc3C)cc2)CC1.O=C(O)C(F)(F)F. The highest BCUT2D eigenvalue weighted by Crippen LogP contribution is 2.25. The molecule has 1 heterocycles. The topological polar surface area (TPSA) is 142 Å². The third-order valence-electron chi connectivity index (χ3n) is 6.26. The van der Waals surface area contributed by atoms with Crippen LogP contribution in [0.4, 0.5) is 18.9 Å². The van der Waals surface area contributed by atoms with Crippen LogP contribution in [0.5, 0.6) is 0 Å². The molecule has 1 aliphatic heterocycles. The van der Waals surface area contributed by atoms with Gasteiger partial charge in [-0.2, -0.15) is 13.2 Å². The molecule has 226 valence electrons. The maximum Gasteiger partial charge on any atom is 0.490 e. The van der Waals surface area contributed by atoms with E-state index >= 15 is 0 Å². The number of carbonyl (C=O) groups is 3. The Morgan fingerprint density at radius 3 is 2.00 bits per heavy atom. The first-order chi connectivity index (χ1) is 19.1. The van der Waals surface area contributed by atoms with Gasteiger partial charge >= 0.3 is 12.1 Å². The number of carboxylic acid groups (broad SMARTS) is 1. The number of nitrogens with zero attached hydrogens (tertiary/aromatic N) is 1. The van der Waals surface area contributed by atoms with Crippen LogP contribution in [-0.2, 0) is 24.3 Å². The number of aliphatic carboxylic acids is 1. The molecule has 0 unspecified atom stereocenters. The highest BCUT2D eigenvalue weighted by Gasteiger charge is 2.38. The zero-order valence-corrected chi connectivity index (χ0v) is 24.0. The van der Waals surface area contributed by atoms with Gasteiger partial charge < -0.3 is 20.1 Å². The van der Waals surface area contributed by atoms with E-state index in [9.17, 15) is 31.2 Å². The lowest BCUT2D eigenvalue weighted by atomic mass is 9.95. The first kappa shape index (κ1) is 33.6. The molecule has 2 aromatic rings. The molecular weight excluding hydrogens is 567 g/mol. The highest BCUT2D eigenvalue weighted by molar-refractivity contribution is 7.92. The number of sulfonamides is 1. The van der Waals surface area contributed by atoms with Gasteiger partial charge in [0.1, 0.15) is 0 Å². The van der Waals surface area contributed by atoms with Gasteiger partial charge in [0.15, 0.2) is 0 Å². The van der Waals surface area contributed by atoms with Crippen LogP contribution in [0.1, 0.15) is 39.9 Å². The third kappa shape index (κ3) is 9.74. The fraction of sp³-hybridized carbons (Fsp3) is 0.444. The summed E-state index contributed by atoms with van der Waals surface area (Å²) in [6.07, 6.45) is -3.87. The number of ether oxygens (including phenoxy) is 1. The number of anilines is 1. The number of nitrogens with one attached hydrogen (secondary N) is 2. The van der Waals surface area contributed by atoms with E-state index in [2.05, 4.69) is 10.0 Å². The summed E-state index contributed by atoms with van der Waals surface area (Å²) in [7, 11) is -2.17. The zero-order valence-electron chi connectivity index (χ0n) is 23.2. The molecule has 0 aromatic heterocycles. The largest absolute Gasteiger partial charge is 0.490 e. The number of methoxy groups -OCH3 is 1. The number of hydrogen-bond donors (Lipinski definition) is 3. The van der Waals surface area contributed by atoms with Gasteiger partial charge in [-0.25, -0.2) is 13.2 Å². The molecule has 0 spiro atoms. The Labute approximate surface area is 236 Å². The van der Waals surface area contributed by atoms with E-state index in [0.29, 0.717) is 61.5 Å². The van der Waals surface area contributed by atoms with Gasteiger partial charge in [0.05, 0.1) is 11.5 Å². The van der Waals surface area contributed by atoms with Crippen LogP contribution in [0.25, 0.3) is 0 Å². The zero-order chi connectivity index (χ0) is 31.0. The second kappa shape index (κ2) is 14.3. The fourth-order valence-electron chi connectivity index (χ4n) is 4.43. The Hall–Kier alpha value is -3.65. The Morgan fingerprint density at radius 1 is 1.02 bits per heavy atom. The van der Waals surface area contributed by atoms with E-state index in [1.165, 1.54) is 0 Å². The van der Waals surface area contributed by atoms with Gasteiger partial charge in [0.25, 0.3) is 15.9 Å². The smallest absolute Gasteiger partial charge is 0.475 e. The first-order valence-corrected chi connectivity index (χ1v) is 14.1. The molecule has 3 rings (SSSR count). The van der Waals surface area contributed by atoms with Crippen LogP contribution in [0.2, 0.25) is 0 Å². The van der Waals surface area contributed by atoms with Gasteiger partial charge in [-0.05, 0) is 69.0 Å². The molecule has 2 amide bonds. The summed E-state index contributed by atoms with van der Waals surface area (Å²) >= 11 is 0. The number of carbonyl (C=O) groups excluding carboxylic acids is 2. The number of amides is 2.